The van der Waals surface area contributed by atoms with Gasteiger partial charge in [0.2, 0.25) is 0 Å². The van der Waals surface area contributed by atoms with Crippen LogP contribution in [0.5, 0.6) is 0 Å². The van der Waals surface area contributed by atoms with Crippen molar-refractivity contribution < 1.29 is 28.2 Å². The van der Waals surface area contributed by atoms with E-state index in [-0.39, 0.29) is 37.5 Å². The van der Waals surface area contributed by atoms with E-state index in [2.05, 4.69) is 0 Å². The zero-order chi connectivity index (χ0) is 32.3. The third kappa shape index (κ3) is 7.00. The molecule has 0 unspecified atom stereocenters. The highest BCUT2D eigenvalue weighted by atomic mass is 32.1. The second kappa shape index (κ2) is 13.8. The van der Waals surface area contributed by atoms with Crippen molar-refractivity contribution in [3.8, 4) is 10.4 Å². The maximum absolute atomic E-state index is 14.9. The summed E-state index contributed by atoms with van der Waals surface area (Å²) in [5, 5.41) is 10.3. The molecule has 0 radical (unpaired) electrons. The Hall–Kier alpha value is -3.55. The lowest BCUT2D eigenvalue weighted by molar-refractivity contribution is -0.121. The smallest absolute Gasteiger partial charge is 0.332 e. The number of halogens is 2. The number of thiophene rings is 1. The molecule has 1 N–H and O–H groups in total. The quantitative estimate of drug-likeness (QED) is 0.211. The fourth-order valence-corrected chi connectivity index (χ4v) is 6.81. The van der Waals surface area contributed by atoms with E-state index in [1.54, 1.807) is 7.11 Å². The third-order valence-electron chi connectivity index (χ3n) is 8.35. The van der Waals surface area contributed by atoms with Gasteiger partial charge in [-0.3, -0.25) is 23.6 Å². The van der Waals surface area contributed by atoms with Crippen molar-refractivity contribution in [2.24, 2.45) is 5.41 Å². The SMILES string of the molecule is COCCN(C)Cc1c(-c2ccc(CC(=O)COC)cc2)sc2c1c(=O)n(CC1(CO)CC1)c(=O)n2Cc1c(F)cccc1F. The van der Waals surface area contributed by atoms with Gasteiger partial charge >= 0.3 is 5.69 Å². The summed E-state index contributed by atoms with van der Waals surface area (Å²) in [6.07, 6.45) is 1.53. The van der Waals surface area contributed by atoms with Gasteiger partial charge in [0.15, 0.2) is 5.78 Å². The fraction of sp³-hybridized carbons (Fsp3) is 0.424. The summed E-state index contributed by atoms with van der Waals surface area (Å²) >= 11 is 1.22. The predicted molar refractivity (Wildman–Crippen MR) is 169 cm³/mol. The number of benzene rings is 2. The molecule has 2 aromatic heterocycles. The lowest BCUT2D eigenvalue weighted by Gasteiger charge is -2.19. The first-order valence-corrected chi connectivity index (χ1v) is 15.5. The number of carbonyl (C=O) groups is 1. The second-order valence-electron chi connectivity index (χ2n) is 11.8. The zero-order valence-corrected chi connectivity index (χ0v) is 26.4. The van der Waals surface area contributed by atoms with Gasteiger partial charge < -0.3 is 14.6 Å². The largest absolute Gasteiger partial charge is 0.396 e. The van der Waals surface area contributed by atoms with Gasteiger partial charge in [-0.2, -0.15) is 0 Å². The number of fused-ring (bicyclic) bond motifs is 1. The number of Topliss-reactive ketones (excluding diaryl/α,β-unsaturated/α-hetero) is 1. The molecule has 1 saturated carbocycles. The third-order valence-corrected chi connectivity index (χ3v) is 9.65. The van der Waals surface area contributed by atoms with Gasteiger partial charge in [0.1, 0.15) is 23.1 Å². The number of hydrogen-bond donors (Lipinski definition) is 1. The molecule has 45 heavy (non-hydrogen) atoms. The van der Waals surface area contributed by atoms with Crippen molar-refractivity contribution in [1.82, 2.24) is 14.0 Å². The summed E-state index contributed by atoms with van der Waals surface area (Å²) in [7, 11) is 4.97. The van der Waals surface area contributed by atoms with Crippen LogP contribution in [0.15, 0.2) is 52.1 Å². The summed E-state index contributed by atoms with van der Waals surface area (Å²) < 4.78 is 42.4. The number of hydrogen-bond acceptors (Lipinski definition) is 8. The van der Waals surface area contributed by atoms with Crippen molar-refractivity contribution in [2.45, 2.75) is 38.9 Å². The van der Waals surface area contributed by atoms with Crippen LogP contribution >= 0.6 is 11.3 Å². The Kier molecular flexibility index (Phi) is 10.1. The molecule has 240 valence electrons. The van der Waals surface area contributed by atoms with Crippen molar-refractivity contribution in [3.63, 3.8) is 0 Å². The summed E-state index contributed by atoms with van der Waals surface area (Å²) in [5.74, 6) is -1.65. The van der Waals surface area contributed by atoms with E-state index >= 15 is 0 Å². The maximum atomic E-state index is 14.9. The Morgan fingerprint density at radius 3 is 2.31 bits per heavy atom. The molecule has 5 rings (SSSR count). The van der Waals surface area contributed by atoms with Gasteiger partial charge in [-0.15, -0.1) is 11.3 Å². The summed E-state index contributed by atoms with van der Waals surface area (Å²) in [6, 6.07) is 10.9. The van der Waals surface area contributed by atoms with Gasteiger partial charge in [-0.25, -0.2) is 13.6 Å². The topological polar surface area (TPSA) is 103 Å². The number of methoxy groups -OCH3 is 2. The molecule has 1 aliphatic carbocycles. The van der Waals surface area contributed by atoms with Crippen molar-refractivity contribution in [1.29, 1.82) is 0 Å². The number of nitrogens with zero attached hydrogens (tertiary/aromatic N) is 3. The monoisotopic (exact) mass is 641 g/mol. The first-order chi connectivity index (χ1) is 21.6. The van der Waals surface area contributed by atoms with Crippen LogP contribution in [0, 0.1) is 17.0 Å². The van der Waals surface area contributed by atoms with Crippen LogP contribution in [-0.4, -0.2) is 72.6 Å². The van der Waals surface area contributed by atoms with E-state index in [1.165, 1.54) is 29.1 Å². The van der Waals surface area contributed by atoms with Crippen LogP contribution in [0.1, 0.15) is 29.5 Å². The molecule has 12 heteroatoms. The molecule has 9 nitrogen and oxygen atoms in total. The number of rotatable bonds is 15. The van der Waals surface area contributed by atoms with E-state index in [9.17, 15) is 28.3 Å². The lowest BCUT2D eigenvalue weighted by atomic mass is 10.0. The first kappa shape index (κ1) is 32.8. The Bertz CT molecular complexity index is 1790. The molecule has 0 saturated heterocycles. The first-order valence-electron chi connectivity index (χ1n) is 14.7. The number of carbonyl (C=O) groups excluding carboxylic acids is 1. The molecule has 4 aromatic rings. The molecule has 0 amide bonds. The van der Waals surface area contributed by atoms with Gasteiger partial charge in [-0.1, -0.05) is 30.3 Å². The van der Waals surface area contributed by atoms with E-state index < -0.39 is 34.8 Å². The Morgan fingerprint density at radius 2 is 1.71 bits per heavy atom. The fourth-order valence-electron chi connectivity index (χ4n) is 5.51. The van der Waals surface area contributed by atoms with E-state index in [0.29, 0.717) is 48.3 Å². The molecule has 0 spiro atoms. The van der Waals surface area contributed by atoms with Crippen molar-refractivity contribution >= 4 is 27.3 Å². The van der Waals surface area contributed by atoms with Gasteiger partial charge in [0, 0.05) is 56.1 Å². The van der Waals surface area contributed by atoms with Crippen LogP contribution in [0.2, 0.25) is 0 Å². The number of aliphatic hydroxyl groups is 1. The Balaban J connectivity index is 1.73. The molecule has 1 aliphatic rings. The van der Waals surface area contributed by atoms with Crippen LogP contribution in [-0.2, 0) is 40.3 Å². The van der Waals surface area contributed by atoms with Crippen LogP contribution in [0.3, 0.4) is 0 Å². The number of ether oxygens (including phenoxy) is 2. The van der Waals surface area contributed by atoms with E-state index in [1.807, 2.05) is 36.2 Å². The molecule has 0 aliphatic heterocycles. The second-order valence-corrected chi connectivity index (χ2v) is 12.8. The highest BCUT2D eigenvalue weighted by Crippen LogP contribution is 2.46. The normalized spacial score (nSPS) is 14.0. The Labute approximate surface area is 263 Å². The summed E-state index contributed by atoms with van der Waals surface area (Å²) in [5.41, 5.74) is 0.190. The van der Waals surface area contributed by atoms with Crippen LogP contribution < -0.4 is 11.2 Å². The highest BCUT2D eigenvalue weighted by Gasteiger charge is 2.43. The Morgan fingerprint density at radius 1 is 1.02 bits per heavy atom. The van der Waals surface area contributed by atoms with E-state index in [4.69, 9.17) is 9.47 Å². The molecule has 2 aromatic carbocycles. The summed E-state index contributed by atoms with van der Waals surface area (Å²) in [4.78, 5) is 43.4. The minimum absolute atomic E-state index is 0.00515. The number of aromatic nitrogens is 2. The van der Waals surface area contributed by atoms with Crippen molar-refractivity contribution in [2.75, 3.05) is 47.6 Å². The molecule has 1 fully saturated rings. The van der Waals surface area contributed by atoms with E-state index in [0.717, 1.165) is 32.7 Å². The minimum Gasteiger partial charge on any atom is -0.396 e. The van der Waals surface area contributed by atoms with Crippen LogP contribution in [0.25, 0.3) is 20.7 Å². The van der Waals surface area contributed by atoms with Crippen LogP contribution in [0.4, 0.5) is 8.78 Å². The maximum Gasteiger partial charge on any atom is 0.332 e. The average molecular weight is 642 g/mol. The zero-order valence-electron chi connectivity index (χ0n) is 25.6. The van der Waals surface area contributed by atoms with Gasteiger partial charge in [0.05, 0.1) is 25.1 Å². The minimum atomic E-state index is -0.795. The average Bonchev–Trinajstić information content (AvgIpc) is 3.71. The highest BCUT2D eigenvalue weighted by molar-refractivity contribution is 7.22. The number of aliphatic hydroxyl groups excluding tert-OH is 1. The number of likely N-dealkylation sites (N-methyl/N-ethyl adjacent to an activating group) is 1. The molecule has 0 bridgehead atoms. The molecule has 2 heterocycles. The number of ketones is 1. The molecular formula is C33H37F2N3O6S. The predicted octanol–water partition coefficient (Wildman–Crippen LogP) is 3.83. The van der Waals surface area contributed by atoms with Gasteiger partial charge in [-0.05, 0) is 48.7 Å². The molecular weight excluding hydrogens is 604 g/mol. The summed E-state index contributed by atoms with van der Waals surface area (Å²) in [6.45, 7) is 0.776. The lowest BCUT2D eigenvalue weighted by Crippen LogP contribution is -2.42. The molecule has 0 atom stereocenters. The van der Waals surface area contributed by atoms with Crippen molar-refractivity contribution in [3.05, 3.63) is 91.6 Å². The van der Waals surface area contributed by atoms with Gasteiger partial charge in [0.25, 0.3) is 5.56 Å². The standard InChI is InChI=1S/C33H37F2N3O6S/c1-36(13-14-43-2)16-25-28-30(41)38(19-33(20-39)11-12-33)32(42)37(17-24-26(34)5-4-6-27(24)35)31(28)45-29(25)22-9-7-21(8-10-22)15-23(40)18-44-3/h4-10,39H,11-20H2,1-3H3.